The molecule has 356 valence electrons. The third kappa shape index (κ3) is 47.5. The Balaban J connectivity index is 4.07. The van der Waals surface area contributed by atoms with Gasteiger partial charge >= 0.3 is 17.9 Å². The zero-order chi connectivity index (χ0) is 43.8. The molecule has 0 aliphatic heterocycles. The molecule has 0 fully saturated rings. The van der Waals surface area contributed by atoms with Crippen molar-refractivity contribution in [1.29, 1.82) is 0 Å². The van der Waals surface area contributed by atoms with E-state index >= 15 is 0 Å². The second kappa shape index (κ2) is 48.4. The highest BCUT2D eigenvalue weighted by Crippen LogP contribution is 2.17. The van der Waals surface area contributed by atoms with Gasteiger partial charge in [-0.2, -0.15) is 0 Å². The Morgan fingerprint density at radius 2 is 0.550 bits per heavy atom. The largest absolute Gasteiger partial charge is 0.462 e. The summed E-state index contributed by atoms with van der Waals surface area (Å²) in [7, 11) is 0. The molecule has 0 aliphatic rings. The molecule has 6 nitrogen and oxygen atoms in total. The maximum absolute atomic E-state index is 12.7. The van der Waals surface area contributed by atoms with Crippen molar-refractivity contribution in [2.24, 2.45) is 5.92 Å². The van der Waals surface area contributed by atoms with Crippen LogP contribution in [0.3, 0.4) is 0 Å². The molecule has 0 saturated carbocycles. The number of hydrogen-bond donors (Lipinski definition) is 0. The molecule has 0 bridgehead atoms. The summed E-state index contributed by atoms with van der Waals surface area (Å²) in [4.78, 5) is 37.7. The summed E-state index contributed by atoms with van der Waals surface area (Å²) in [5.74, 6) is -0.00370. The topological polar surface area (TPSA) is 78.9 Å². The summed E-state index contributed by atoms with van der Waals surface area (Å²) in [5, 5.41) is 0. The molecule has 0 heterocycles. The summed E-state index contributed by atoms with van der Waals surface area (Å²) in [6.07, 6.45) is 51.3. The van der Waals surface area contributed by atoms with Crippen LogP contribution in [-0.2, 0) is 28.6 Å². The fraction of sp³-hybridized carbons (Fsp3) is 0.944. The molecule has 1 atom stereocenters. The zero-order valence-electron chi connectivity index (χ0n) is 40.9. The Morgan fingerprint density at radius 3 is 0.817 bits per heavy atom. The lowest BCUT2D eigenvalue weighted by Crippen LogP contribution is -2.30. The van der Waals surface area contributed by atoms with E-state index in [1.165, 1.54) is 193 Å². The molecule has 0 amide bonds. The van der Waals surface area contributed by atoms with Crippen LogP contribution in [0.15, 0.2) is 0 Å². The summed E-state index contributed by atoms with van der Waals surface area (Å²) in [5.41, 5.74) is 0. The van der Waals surface area contributed by atoms with Crippen molar-refractivity contribution in [3.63, 3.8) is 0 Å². The Kier molecular flexibility index (Phi) is 47.2. The van der Waals surface area contributed by atoms with E-state index in [4.69, 9.17) is 14.2 Å². The molecule has 0 saturated heterocycles. The number of carbonyl (C=O) groups excluding carboxylic acids is 3. The van der Waals surface area contributed by atoms with E-state index in [1.807, 2.05) is 0 Å². The minimum Gasteiger partial charge on any atom is -0.462 e. The zero-order valence-corrected chi connectivity index (χ0v) is 40.9. The molecule has 0 aliphatic carbocycles. The van der Waals surface area contributed by atoms with Crippen molar-refractivity contribution in [2.45, 2.75) is 310 Å². The van der Waals surface area contributed by atoms with Gasteiger partial charge in [0.1, 0.15) is 13.2 Å². The summed E-state index contributed by atoms with van der Waals surface area (Å²) < 4.78 is 16.7. The first-order chi connectivity index (χ1) is 29.4. The van der Waals surface area contributed by atoms with Gasteiger partial charge in [0, 0.05) is 19.3 Å². The SMILES string of the molecule is CCCCCCCCCCCCCCCCCCCCC(=O)O[C@@H](COC(=O)CCCCCCC)COC(=O)CCCCCCCCCCCCCCCCCCC(C)C. The van der Waals surface area contributed by atoms with Crippen LogP contribution in [-0.4, -0.2) is 37.2 Å². The number of unbranched alkanes of at least 4 members (excludes halogenated alkanes) is 36. The minimum absolute atomic E-state index is 0.0636. The Hall–Kier alpha value is -1.59. The smallest absolute Gasteiger partial charge is 0.306 e. The average molecular weight is 849 g/mol. The van der Waals surface area contributed by atoms with E-state index in [-0.39, 0.29) is 31.1 Å². The Morgan fingerprint density at radius 1 is 0.317 bits per heavy atom. The van der Waals surface area contributed by atoms with Gasteiger partial charge < -0.3 is 14.2 Å². The van der Waals surface area contributed by atoms with Gasteiger partial charge in [-0.25, -0.2) is 0 Å². The highest BCUT2D eigenvalue weighted by molar-refractivity contribution is 5.71. The van der Waals surface area contributed by atoms with Crippen LogP contribution in [0, 0.1) is 5.92 Å². The maximum Gasteiger partial charge on any atom is 0.306 e. The van der Waals surface area contributed by atoms with Gasteiger partial charge in [-0.05, 0) is 25.2 Å². The third-order valence-electron chi connectivity index (χ3n) is 12.3. The van der Waals surface area contributed by atoms with E-state index in [1.54, 1.807) is 0 Å². The molecule has 0 aromatic heterocycles. The van der Waals surface area contributed by atoms with Crippen LogP contribution in [0.1, 0.15) is 304 Å². The highest BCUT2D eigenvalue weighted by Gasteiger charge is 2.19. The first kappa shape index (κ1) is 58.4. The van der Waals surface area contributed by atoms with Crippen LogP contribution >= 0.6 is 0 Å². The van der Waals surface area contributed by atoms with Gasteiger partial charge in [-0.15, -0.1) is 0 Å². The lowest BCUT2D eigenvalue weighted by Gasteiger charge is -2.18. The predicted octanol–water partition coefficient (Wildman–Crippen LogP) is 17.5. The number of carbonyl (C=O) groups is 3. The summed E-state index contributed by atoms with van der Waals surface area (Å²) >= 11 is 0. The number of ether oxygens (including phenoxy) is 3. The standard InChI is InChI=1S/C54H104O6/c1-5-7-9-11-12-13-14-15-16-17-18-23-26-29-32-35-39-43-47-54(57)60-51(48-58-52(55)45-41-36-10-8-6-2)49-59-53(56)46-42-38-34-31-28-25-22-20-19-21-24-27-30-33-37-40-44-50(3)4/h50-51H,5-49H2,1-4H3/t51-/m0/s1. The Labute approximate surface area is 374 Å². The van der Waals surface area contributed by atoms with Crippen LogP contribution in [0.4, 0.5) is 0 Å². The van der Waals surface area contributed by atoms with Crippen molar-refractivity contribution in [3.8, 4) is 0 Å². The van der Waals surface area contributed by atoms with E-state index < -0.39 is 6.10 Å². The fourth-order valence-corrected chi connectivity index (χ4v) is 8.22. The van der Waals surface area contributed by atoms with E-state index in [9.17, 15) is 14.4 Å². The normalized spacial score (nSPS) is 11.9. The molecule has 60 heavy (non-hydrogen) atoms. The summed E-state index contributed by atoms with van der Waals surface area (Å²) in [6.45, 7) is 8.98. The highest BCUT2D eigenvalue weighted by atomic mass is 16.6. The molecular weight excluding hydrogens is 745 g/mol. The second-order valence-electron chi connectivity index (χ2n) is 19.0. The molecule has 0 radical (unpaired) electrons. The van der Waals surface area contributed by atoms with Crippen LogP contribution in [0.2, 0.25) is 0 Å². The number of rotatable bonds is 49. The average Bonchev–Trinajstić information content (AvgIpc) is 3.23. The first-order valence-corrected chi connectivity index (χ1v) is 26.9. The van der Waals surface area contributed by atoms with Crippen molar-refractivity contribution in [2.75, 3.05) is 13.2 Å². The maximum atomic E-state index is 12.7. The van der Waals surface area contributed by atoms with Crippen LogP contribution in [0.5, 0.6) is 0 Å². The third-order valence-corrected chi connectivity index (χ3v) is 12.3. The van der Waals surface area contributed by atoms with Gasteiger partial charge in [0.05, 0.1) is 0 Å². The van der Waals surface area contributed by atoms with Gasteiger partial charge in [0.15, 0.2) is 6.10 Å². The molecule has 6 heteroatoms. The molecule has 0 spiro atoms. The Bertz CT molecular complexity index is 903. The number of hydrogen-bond acceptors (Lipinski definition) is 6. The molecule has 0 rings (SSSR count). The lowest BCUT2D eigenvalue weighted by atomic mass is 10.0. The molecule has 0 N–H and O–H groups in total. The van der Waals surface area contributed by atoms with Gasteiger partial charge in [0.2, 0.25) is 0 Å². The predicted molar refractivity (Wildman–Crippen MR) is 257 cm³/mol. The first-order valence-electron chi connectivity index (χ1n) is 26.9. The van der Waals surface area contributed by atoms with E-state index in [0.717, 1.165) is 70.1 Å². The van der Waals surface area contributed by atoms with E-state index in [0.29, 0.717) is 19.3 Å². The lowest BCUT2D eigenvalue weighted by molar-refractivity contribution is -0.167. The van der Waals surface area contributed by atoms with Crippen molar-refractivity contribution in [3.05, 3.63) is 0 Å². The van der Waals surface area contributed by atoms with Crippen molar-refractivity contribution >= 4 is 17.9 Å². The minimum atomic E-state index is -0.759. The van der Waals surface area contributed by atoms with Crippen molar-refractivity contribution < 1.29 is 28.6 Å². The summed E-state index contributed by atoms with van der Waals surface area (Å²) in [6, 6.07) is 0. The second-order valence-corrected chi connectivity index (χ2v) is 19.0. The number of esters is 3. The van der Waals surface area contributed by atoms with E-state index in [2.05, 4.69) is 27.7 Å². The molecule has 0 unspecified atom stereocenters. The molecule has 0 aromatic carbocycles. The van der Waals surface area contributed by atoms with Crippen molar-refractivity contribution in [1.82, 2.24) is 0 Å². The van der Waals surface area contributed by atoms with Gasteiger partial charge in [-0.3, -0.25) is 14.4 Å². The molecular formula is C54H104O6. The van der Waals surface area contributed by atoms with Gasteiger partial charge in [0.25, 0.3) is 0 Å². The van der Waals surface area contributed by atoms with Gasteiger partial charge in [-0.1, -0.05) is 265 Å². The van der Waals surface area contributed by atoms with Crippen LogP contribution in [0.25, 0.3) is 0 Å². The van der Waals surface area contributed by atoms with Crippen LogP contribution < -0.4 is 0 Å². The fourth-order valence-electron chi connectivity index (χ4n) is 8.22. The monoisotopic (exact) mass is 849 g/mol. The quantitative estimate of drug-likeness (QED) is 0.0345. The molecule has 0 aromatic rings.